The van der Waals surface area contributed by atoms with E-state index in [1.807, 2.05) is 23.6 Å². The number of fused-ring (bicyclic) bond motifs is 1. The highest BCUT2D eigenvalue weighted by molar-refractivity contribution is 7.16. The molecule has 0 spiro atoms. The van der Waals surface area contributed by atoms with E-state index in [4.69, 9.17) is 28.8 Å². The Morgan fingerprint density at radius 1 is 1.12 bits per heavy atom. The molecule has 0 aliphatic carbocycles. The minimum absolute atomic E-state index is 0.0854. The van der Waals surface area contributed by atoms with Gasteiger partial charge >= 0.3 is 0 Å². The van der Waals surface area contributed by atoms with Crippen LogP contribution in [-0.4, -0.2) is 63.9 Å². The Morgan fingerprint density at radius 3 is 2.35 bits per heavy atom. The molecule has 34 heavy (non-hydrogen) atoms. The summed E-state index contributed by atoms with van der Waals surface area (Å²) in [7, 11) is 6.72. The smallest absolute Gasteiger partial charge is 0.258 e. The predicted molar refractivity (Wildman–Crippen MR) is 135 cm³/mol. The molecule has 1 atom stereocenters. The fourth-order valence-corrected chi connectivity index (χ4v) is 5.62. The van der Waals surface area contributed by atoms with Gasteiger partial charge in [-0.1, -0.05) is 6.92 Å². The molecule has 3 aromatic rings. The second kappa shape index (κ2) is 10.8. The molecule has 2 aromatic heterocycles. The average Bonchev–Trinajstić information content (AvgIpc) is 3.45. The third-order valence-corrected chi connectivity index (χ3v) is 7.41. The summed E-state index contributed by atoms with van der Waals surface area (Å²) in [6.45, 7) is 6.71. The van der Waals surface area contributed by atoms with Crippen molar-refractivity contribution in [2.75, 3.05) is 53.1 Å². The molecule has 1 saturated heterocycles. The van der Waals surface area contributed by atoms with Crippen molar-refractivity contribution in [3.63, 3.8) is 0 Å². The number of benzene rings is 1. The van der Waals surface area contributed by atoms with Crippen molar-refractivity contribution in [3.05, 3.63) is 23.1 Å². The molecule has 0 bridgehead atoms. The summed E-state index contributed by atoms with van der Waals surface area (Å²) in [6.07, 6.45) is 2.95. The van der Waals surface area contributed by atoms with E-state index in [-0.39, 0.29) is 6.10 Å². The van der Waals surface area contributed by atoms with Gasteiger partial charge in [0.2, 0.25) is 0 Å². The number of aromatic nitrogens is 2. The van der Waals surface area contributed by atoms with Crippen LogP contribution in [0, 0.1) is 0 Å². The van der Waals surface area contributed by atoms with Crippen molar-refractivity contribution < 1.29 is 23.7 Å². The quantitative estimate of drug-likeness (QED) is 0.388. The third kappa shape index (κ3) is 4.44. The van der Waals surface area contributed by atoms with Gasteiger partial charge in [-0.15, -0.1) is 16.4 Å². The number of hydrogen-bond donors (Lipinski definition) is 0. The SMILES string of the molecule is CCCN(c1c(OC)nn2c(-c3c(OC)cc(C(C)OC)cc3OC)csc12)C1CCOCC1. The third-order valence-electron chi connectivity index (χ3n) is 6.48. The largest absolute Gasteiger partial charge is 0.496 e. The molecule has 9 heteroatoms. The first-order chi connectivity index (χ1) is 16.6. The topological polar surface area (TPSA) is 66.7 Å². The van der Waals surface area contributed by atoms with Gasteiger partial charge in [0.25, 0.3) is 5.88 Å². The molecular weight excluding hydrogens is 454 g/mol. The molecule has 0 N–H and O–H groups in total. The molecule has 186 valence electrons. The number of ether oxygens (including phenoxy) is 5. The van der Waals surface area contributed by atoms with Gasteiger partial charge in [-0.3, -0.25) is 0 Å². The van der Waals surface area contributed by atoms with Crippen LogP contribution in [0.3, 0.4) is 0 Å². The zero-order chi connectivity index (χ0) is 24.2. The van der Waals surface area contributed by atoms with Crippen molar-refractivity contribution in [2.24, 2.45) is 0 Å². The van der Waals surface area contributed by atoms with Gasteiger partial charge in [0.05, 0.1) is 38.7 Å². The molecule has 4 rings (SSSR count). The standard InChI is InChI=1S/C25H35N3O5S/c1-7-10-27(18-8-11-33-12-9-18)23-24(32-6)26-28-19(15-34-25(23)28)22-20(30-4)13-17(16(2)29-3)14-21(22)31-5/h13-16,18H,7-12H2,1-6H3. The molecule has 1 aliphatic rings. The van der Waals surface area contributed by atoms with E-state index >= 15 is 0 Å². The van der Waals surface area contributed by atoms with Gasteiger partial charge in [0.1, 0.15) is 22.0 Å². The average molecular weight is 490 g/mol. The van der Waals surface area contributed by atoms with E-state index in [2.05, 4.69) is 17.2 Å². The Labute approximate surface area is 205 Å². The minimum Gasteiger partial charge on any atom is -0.496 e. The summed E-state index contributed by atoms with van der Waals surface area (Å²) in [5.74, 6) is 2.06. The fourth-order valence-electron chi connectivity index (χ4n) is 4.62. The molecule has 1 fully saturated rings. The Bertz CT molecular complexity index is 1080. The van der Waals surface area contributed by atoms with Gasteiger partial charge in [-0.2, -0.15) is 0 Å². The first-order valence-corrected chi connectivity index (χ1v) is 12.6. The Hall–Kier alpha value is -2.49. The highest BCUT2D eigenvalue weighted by Crippen LogP contribution is 2.46. The lowest BCUT2D eigenvalue weighted by Gasteiger charge is -2.35. The van der Waals surface area contributed by atoms with Crippen LogP contribution < -0.4 is 19.1 Å². The number of nitrogens with zero attached hydrogens (tertiary/aromatic N) is 3. The number of hydrogen-bond acceptors (Lipinski definition) is 8. The van der Waals surface area contributed by atoms with Crippen LogP contribution in [-0.2, 0) is 9.47 Å². The normalized spacial score (nSPS) is 15.5. The van der Waals surface area contributed by atoms with Gasteiger partial charge in [-0.05, 0) is 43.9 Å². The van der Waals surface area contributed by atoms with Crippen LogP contribution in [0.5, 0.6) is 17.4 Å². The maximum absolute atomic E-state index is 5.81. The zero-order valence-corrected chi connectivity index (χ0v) is 21.7. The summed E-state index contributed by atoms with van der Waals surface area (Å²) in [5.41, 5.74) is 3.79. The summed E-state index contributed by atoms with van der Waals surface area (Å²) in [6, 6.07) is 4.41. The molecule has 0 amide bonds. The molecule has 0 saturated carbocycles. The van der Waals surface area contributed by atoms with Crippen LogP contribution in [0.2, 0.25) is 0 Å². The molecule has 1 aromatic carbocycles. The summed E-state index contributed by atoms with van der Waals surface area (Å²) >= 11 is 1.65. The summed E-state index contributed by atoms with van der Waals surface area (Å²) < 4.78 is 30.5. The highest BCUT2D eigenvalue weighted by atomic mass is 32.1. The summed E-state index contributed by atoms with van der Waals surface area (Å²) in [5, 5.41) is 7.00. The molecule has 8 nitrogen and oxygen atoms in total. The fraction of sp³-hybridized carbons (Fsp3) is 0.560. The van der Waals surface area contributed by atoms with Crippen molar-refractivity contribution in [1.29, 1.82) is 0 Å². The van der Waals surface area contributed by atoms with Crippen molar-refractivity contribution in [1.82, 2.24) is 9.61 Å². The first kappa shape index (κ1) is 24.6. The minimum atomic E-state index is -0.0854. The van der Waals surface area contributed by atoms with Crippen molar-refractivity contribution in [3.8, 4) is 28.6 Å². The van der Waals surface area contributed by atoms with E-state index in [0.29, 0.717) is 23.4 Å². The lowest BCUT2D eigenvalue weighted by atomic mass is 10.0. The molecule has 1 aliphatic heterocycles. The second-order valence-electron chi connectivity index (χ2n) is 8.41. The van der Waals surface area contributed by atoms with Crippen molar-refractivity contribution in [2.45, 2.75) is 45.3 Å². The molecule has 3 heterocycles. The first-order valence-electron chi connectivity index (χ1n) is 11.8. The van der Waals surface area contributed by atoms with Crippen LogP contribution in [0.25, 0.3) is 16.1 Å². The molecule has 0 radical (unpaired) electrons. The number of rotatable bonds is 10. The predicted octanol–water partition coefficient (Wildman–Crippen LogP) is 5.19. The van der Waals surface area contributed by atoms with E-state index in [1.54, 1.807) is 39.8 Å². The number of thiazole rings is 1. The monoisotopic (exact) mass is 489 g/mol. The summed E-state index contributed by atoms with van der Waals surface area (Å²) in [4.78, 5) is 3.51. The second-order valence-corrected chi connectivity index (χ2v) is 9.27. The number of methoxy groups -OCH3 is 4. The van der Waals surface area contributed by atoms with Crippen LogP contribution in [0.1, 0.15) is 44.8 Å². The van der Waals surface area contributed by atoms with Gasteiger partial charge in [0, 0.05) is 38.3 Å². The maximum Gasteiger partial charge on any atom is 0.258 e. The maximum atomic E-state index is 5.81. The highest BCUT2D eigenvalue weighted by Gasteiger charge is 2.30. The lowest BCUT2D eigenvalue weighted by molar-refractivity contribution is 0.0843. The molecular formula is C25H35N3O5S. The van der Waals surface area contributed by atoms with E-state index in [1.165, 1.54) is 0 Å². The Balaban J connectivity index is 1.87. The van der Waals surface area contributed by atoms with Gasteiger partial charge in [-0.25, -0.2) is 4.52 Å². The number of anilines is 1. The van der Waals surface area contributed by atoms with E-state index in [0.717, 1.165) is 66.4 Å². The van der Waals surface area contributed by atoms with Crippen LogP contribution in [0.15, 0.2) is 17.5 Å². The Morgan fingerprint density at radius 2 is 1.79 bits per heavy atom. The van der Waals surface area contributed by atoms with Crippen LogP contribution >= 0.6 is 11.3 Å². The zero-order valence-electron chi connectivity index (χ0n) is 20.9. The van der Waals surface area contributed by atoms with E-state index in [9.17, 15) is 0 Å². The van der Waals surface area contributed by atoms with Crippen molar-refractivity contribution >= 4 is 21.9 Å². The van der Waals surface area contributed by atoms with E-state index < -0.39 is 0 Å². The Kier molecular flexibility index (Phi) is 7.85. The van der Waals surface area contributed by atoms with Gasteiger partial charge < -0.3 is 28.6 Å². The molecule has 1 unspecified atom stereocenters. The van der Waals surface area contributed by atoms with Gasteiger partial charge in [0.15, 0.2) is 0 Å². The lowest BCUT2D eigenvalue weighted by Crippen LogP contribution is -2.40. The van der Waals surface area contributed by atoms with Crippen LogP contribution in [0.4, 0.5) is 5.69 Å².